The second-order valence-electron chi connectivity index (χ2n) is 7.91. The highest BCUT2D eigenvalue weighted by Gasteiger charge is 2.34. The van der Waals surface area contributed by atoms with Gasteiger partial charge in [0.05, 0.1) is 11.5 Å². The van der Waals surface area contributed by atoms with Gasteiger partial charge in [-0.25, -0.2) is 0 Å². The Morgan fingerprint density at radius 1 is 1.08 bits per heavy atom. The maximum absolute atomic E-state index is 13.2. The molecule has 0 atom stereocenters. The fourth-order valence-corrected chi connectivity index (χ4v) is 5.10. The van der Waals surface area contributed by atoms with E-state index in [4.69, 9.17) is 33.3 Å². The number of hydrogen-bond donors (Lipinski definition) is 1. The smallest absolute Gasteiger partial charge is 0.285 e. The summed E-state index contributed by atoms with van der Waals surface area (Å²) in [5.74, 6) is 0.363. The van der Waals surface area contributed by atoms with Crippen molar-refractivity contribution < 1.29 is 19.1 Å². The zero-order chi connectivity index (χ0) is 25.8. The Bertz CT molecular complexity index is 1350. The average Bonchev–Trinajstić information content (AvgIpc) is 3.29. The first-order valence-electron chi connectivity index (χ1n) is 11.1. The number of hydrogen-bond acceptors (Lipinski definition) is 6. The molecule has 4 rings (SSSR count). The Labute approximate surface area is 224 Å². The molecule has 1 aromatic heterocycles. The van der Waals surface area contributed by atoms with Gasteiger partial charge in [0.1, 0.15) is 0 Å². The van der Waals surface area contributed by atoms with Crippen molar-refractivity contribution in [3.63, 3.8) is 0 Å². The number of benzene rings is 2. The zero-order valence-corrected chi connectivity index (χ0v) is 22.3. The van der Waals surface area contributed by atoms with Crippen LogP contribution in [0.3, 0.4) is 0 Å². The predicted molar refractivity (Wildman–Crippen MR) is 148 cm³/mol. The molecular weight excluding hydrogens is 518 g/mol. The van der Waals surface area contributed by atoms with Crippen LogP contribution in [0.25, 0.3) is 6.08 Å². The van der Waals surface area contributed by atoms with E-state index in [9.17, 15) is 9.59 Å². The molecule has 0 aliphatic carbocycles. The largest absolute Gasteiger partial charge is 0.490 e. The third kappa shape index (κ3) is 5.75. The van der Waals surface area contributed by atoms with E-state index in [1.165, 1.54) is 16.8 Å². The van der Waals surface area contributed by atoms with Gasteiger partial charge in [-0.05, 0) is 87.1 Å². The third-order valence-corrected chi connectivity index (χ3v) is 6.76. The van der Waals surface area contributed by atoms with Gasteiger partial charge in [0.25, 0.3) is 11.8 Å². The molecule has 1 N–H and O–H groups in total. The number of aromatic nitrogens is 1. The number of carbonyl (C=O) groups is 2. The number of carbonyl (C=O) groups excluding carboxylic acids is 2. The van der Waals surface area contributed by atoms with Gasteiger partial charge < -0.3 is 14.8 Å². The monoisotopic (exact) mass is 541 g/mol. The first-order valence-corrected chi connectivity index (χ1v) is 12.8. The lowest BCUT2D eigenvalue weighted by atomic mass is 10.2. The lowest BCUT2D eigenvalue weighted by Gasteiger charge is -2.20. The van der Waals surface area contributed by atoms with Gasteiger partial charge in [-0.15, -0.1) is 0 Å². The summed E-state index contributed by atoms with van der Waals surface area (Å²) in [4.78, 5) is 26.0. The number of amides is 2. The SMILES string of the molecule is CCOc1cc(/C=C2/SC(=S)N(n3c(C)ccc3C)C2=O)ccc1OCC(=O)Nc1cccc(Cl)c1. The van der Waals surface area contributed by atoms with Gasteiger partial charge >= 0.3 is 0 Å². The van der Waals surface area contributed by atoms with E-state index >= 15 is 0 Å². The van der Waals surface area contributed by atoms with Gasteiger partial charge in [-0.3, -0.25) is 14.3 Å². The van der Waals surface area contributed by atoms with E-state index in [-0.39, 0.29) is 18.4 Å². The minimum Gasteiger partial charge on any atom is -0.490 e. The summed E-state index contributed by atoms with van der Waals surface area (Å²) in [6, 6.07) is 16.0. The predicted octanol–water partition coefficient (Wildman–Crippen LogP) is 5.71. The molecule has 3 aromatic rings. The van der Waals surface area contributed by atoms with Crippen molar-refractivity contribution in [2.45, 2.75) is 20.8 Å². The number of ether oxygens (including phenoxy) is 2. The zero-order valence-electron chi connectivity index (χ0n) is 19.9. The van der Waals surface area contributed by atoms with Crippen LogP contribution in [0, 0.1) is 13.8 Å². The third-order valence-electron chi connectivity index (χ3n) is 5.24. The number of nitrogens with zero attached hydrogens (tertiary/aromatic N) is 2. The van der Waals surface area contributed by atoms with Crippen molar-refractivity contribution in [2.75, 3.05) is 23.5 Å². The van der Waals surface area contributed by atoms with Crippen LogP contribution in [-0.2, 0) is 9.59 Å². The van der Waals surface area contributed by atoms with Gasteiger partial charge in [-0.2, -0.15) is 5.01 Å². The van der Waals surface area contributed by atoms with Gasteiger partial charge in [0.15, 0.2) is 22.4 Å². The second-order valence-corrected chi connectivity index (χ2v) is 10.0. The summed E-state index contributed by atoms with van der Waals surface area (Å²) in [6.07, 6.45) is 1.77. The molecule has 1 fully saturated rings. The Morgan fingerprint density at radius 2 is 1.83 bits per heavy atom. The van der Waals surface area contributed by atoms with Gasteiger partial charge in [-0.1, -0.05) is 35.5 Å². The van der Waals surface area contributed by atoms with Crippen LogP contribution in [0.2, 0.25) is 5.02 Å². The maximum Gasteiger partial charge on any atom is 0.285 e. The first kappa shape index (κ1) is 25.8. The van der Waals surface area contributed by atoms with E-state index in [2.05, 4.69) is 5.32 Å². The quantitative estimate of drug-likeness (QED) is 0.291. The first-order chi connectivity index (χ1) is 17.3. The molecule has 1 aliphatic rings. The number of aryl methyl sites for hydroxylation is 2. The van der Waals surface area contributed by atoms with Crippen molar-refractivity contribution in [1.29, 1.82) is 0 Å². The molecule has 36 heavy (non-hydrogen) atoms. The summed E-state index contributed by atoms with van der Waals surface area (Å²) >= 11 is 12.7. The highest BCUT2D eigenvalue weighted by Crippen LogP contribution is 2.35. The van der Waals surface area contributed by atoms with Crippen LogP contribution in [0.5, 0.6) is 11.5 Å². The number of rotatable bonds is 8. The number of anilines is 1. The molecule has 2 aromatic carbocycles. The lowest BCUT2D eigenvalue weighted by molar-refractivity contribution is -0.118. The molecule has 10 heteroatoms. The average molecular weight is 542 g/mol. The standard InChI is InChI=1S/C26H24ClN3O4S2/c1-4-33-22-12-18(10-11-21(22)34-15-24(31)28-20-7-5-6-19(27)14-20)13-23-25(32)30(26(35)36-23)29-16(2)8-9-17(29)3/h5-14H,4,15H2,1-3H3,(H,28,31)/b23-13+. The summed E-state index contributed by atoms with van der Waals surface area (Å²) < 4.78 is 13.7. The van der Waals surface area contributed by atoms with E-state index in [1.54, 1.807) is 48.5 Å². The van der Waals surface area contributed by atoms with E-state index in [0.29, 0.717) is 38.0 Å². The van der Waals surface area contributed by atoms with Crippen molar-refractivity contribution in [3.8, 4) is 11.5 Å². The van der Waals surface area contributed by atoms with Crippen LogP contribution >= 0.6 is 35.6 Å². The van der Waals surface area contributed by atoms with Crippen molar-refractivity contribution >= 4 is 63.5 Å². The molecule has 1 aliphatic heterocycles. The molecule has 0 radical (unpaired) electrons. The summed E-state index contributed by atoms with van der Waals surface area (Å²) in [5, 5.41) is 4.78. The van der Waals surface area contributed by atoms with E-state index in [1.807, 2.05) is 37.6 Å². The topological polar surface area (TPSA) is 72.8 Å². The fourth-order valence-electron chi connectivity index (χ4n) is 3.67. The van der Waals surface area contributed by atoms with Crippen molar-refractivity contribution in [3.05, 3.63) is 81.5 Å². The summed E-state index contributed by atoms with van der Waals surface area (Å²) in [5.41, 5.74) is 3.17. The minimum absolute atomic E-state index is 0.191. The van der Waals surface area contributed by atoms with Crippen LogP contribution in [0.1, 0.15) is 23.9 Å². The van der Waals surface area contributed by atoms with Crippen LogP contribution < -0.4 is 19.8 Å². The van der Waals surface area contributed by atoms with Crippen LogP contribution in [-0.4, -0.2) is 34.0 Å². The normalized spacial score (nSPS) is 14.4. The summed E-state index contributed by atoms with van der Waals surface area (Å²) in [6.45, 7) is 5.91. The van der Waals surface area contributed by atoms with E-state index < -0.39 is 0 Å². The van der Waals surface area contributed by atoms with E-state index in [0.717, 1.165) is 17.0 Å². The van der Waals surface area contributed by atoms with Crippen molar-refractivity contribution in [2.24, 2.45) is 0 Å². The van der Waals surface area contributed by atoms with Gasteiger partial charge in [0, 0.05) is 22.1 Å². The molecule has 0 saturated carbocycles. The maximum atomic E-state index is 13.2. The summed E-state index contributed by atoms with van der Waals surface area (Å²) in [7, 11) is 0. The number of thioether (sulfide) groups is 1. The van der Waals surface area contributed by atoms with Crippen LogP contribution in [0.15, 0.2) is 59.5 Å². The second kappa shape index (κ2) is 11.2. The van der Waals surface area contributed by atoms with Crippen molar-refractivity contribution in [1.82, 2.24) is 4.68 Å². The molecule has 2 amide bonds. The molecule has 0 spiro atoms. The van der Waals surface area contributed by atoms with Crippen LogP contribution in [0.4, 0.5) is 5.69 Å². The molecule has 186 valence electrons. The lowest BCUT2D eigenvalue weighted by Crippen LogP contribution is -2.39. The Kier molecular flexibility index (Phi) is 8.03. The molecule has 2 heterocycles. The van der Waals surface area contributed by atoms with Gasteiger partial charge in [0.2, 0.25) is 0 Å². The molecular formula is C26H24ClN3O4S2. The molecule has 0 unspecified atom stereocenters. The molecule has 1 saturated heterocycles. The Morgan fingerprint density at radius 3 is 2.53 bits per heavy atom. The molecule has 7 nitrogen and oxygen atoms in total. The fraction of sp³-hybridized carbons (Fsp3) is 0.192. The minimum atomic E-state index is -0.330. The highest BCUT2D eigenvalue weighted by atomic mass is 35.5. The number of nitrogens with one attached hydrogen (secondary N) is 1. The Hall–Kier alpha value is -3.27. The number of halogens is 1. The molecule has 0 bridgehead atoms. The number of thiocarbonyl (C=S) groups is 1. The Balaban J connectivity index is 1.49. The highest BCUT2D eigenvalue weighted by molar-refractivity contribution is 8.27.